The molecule has 7 heteroatoms. The Morgan fingerprint density at radius 2 is 1.90 bits per heavy atom. The zero-order chi connectivity index (χ0) is 14.8. The van der Waals surface area contributed by atoms with Crippen LogP contribution in [0, 0.1) is 19.7 Å². The van der Waals surface area contributed by atoms with Gasteiger partial charge in [-0.25, -0.2) is 17.5 Å². The first kappa shape index (κ1) is 14.5. The molecule has 0 aliphatic carbocycles. The first-order valence-corrected chi connectivity index (χ1v) is 7.42. The van der Waals surface area contributed by atoms with Crippen LogP contribution in [0.3, 0.4) is 0 Å². The number of sulfonamides is 1. The van der Waals surface area contributed by atoms with Gasteiger partial charge in [0, 0.05) is 0 Å². The van der Waals surface area contributed by atoms with Crippen molar-refractivity contribution in [3.8, 4) is 0 Å². The molecule has 0 amide bonds. The smallest absolute Gasteiger partial charge is 0.207 e. The Morgan fingerprint density at radius 3 is 2.50 bits per heavy atom. The van der Waals surface area contributed by atoms with Gasteiger partial charge < -0.3 is 0 Å². The van der Waals surface area contributed by atoms with E-state index in [0.29, 0.717) is 5.69 Å². The largest absolute Gasteiger partial charge is 0.240 e. The SMILES string of the molecule is Cc1ccc(CNS(=O)(=O)c2ccc(F)c(C)c2)nn1. The minimum Gasteiger partial charge on any atom is -0.207 e. The molecule has 5 nitrogen and oxygen atoms in total. The Kier molecular flexibility index (Phi) is 4.10. The molecule has 0 unspecified atom stereocenters. The van der Waals surface area contributed by atoms with Crippen molar-refractivity contribution in [1.29, 1.82) is 0 Å². The fourth-order valence-electron chi connectivity index (χ4n) is 1.56. The van der Waals surface area contributed by atoms with Crippen molar-refractivity contribution < 1.29 is 12.8 Å². The Morgan fingerprint density at radius 1 is 1.15 bits per heavy atom. The van der Waals surface area contributed by atoms with E-state index in [0.717, 1.165) is 11.8 Å². The van der Waals surface area contributed by atoms with Gasteiger partial charge in [0.05, 0.1) is 22.8 Å². The van der Waals surface area contributed by atoms with Crippen molar-refractivity contribution in [2.45, 2.75) is 25.3 Å². The molecule has 0 saturated heterocycles. The lowest BCUT2D eigenvalue weighted by Crippen LogP contribution is -2.24. The Labute approximate surface area is 116 Å². The highest BCUT2D eigenvalue weighted by Gasteiger charge is 2.15. The van der Waals surface area contributed by atoms with Gasteiger partial charge >= 0.3 is 0 Å². The van der Waals surface area contributed by atoms with Gasteiger partial charge in [-0.3, -0.25) is 0 Å². The number of hydrogen-bond donors (Lipinski definition) is 1. The minimum atomic E-state index is -3.69. The molecule has 106 valence electrons. The van der Waals surface area contributed by atoms with E-state index in [1.165, 1.54) is 19.1 Å². The standard InChI is InChI=1S/C13H14FN3O2S/c1-9-7-12(5-6-13(9)14)20(18,19)15-8-11-4-3-10(2)16-17-11/h3-7,15H,8H2,1-2H3. The molecular formula is C13H14FN3O2S. The van der Waals surface area contributed by atoms with Crippen LogP contribution in [-0.2, 0) is 16.6 Å². The van der Waals surface area contributed by atoms with E-state index in [4.69, 9.17) is 0 Å². The monoisotopic (exact) mass is 295 g/mol. The van der Waals surface area contributed by atoms with Gasteiger partial charge in [0.25, 0.3) is 0 Å². The van der Waals surface area contributed by atoms with Crippen molar-refractivity contribution in [2.75, 3.05) is 0 Å². The van der Waals surface area contributed by atoms with Gasteiger partial charge in [0.1, 0.15) is 5.82 Å². The average Bonchev–Trinajstić information content (AvgIpc) is 2.41. The van der Waals surface area contributed by atoms with Gasteiger partial charge in [-0.15, -0.1) is 0 Å². The number of halogens is 1. The zero-order valence-corrected chi connectivity index (χ0v) is 11.9. The second-order valence-corrected chi connectivity index (χ2v) is 6.17. The summed E-state index contributed by atoms with van der Waals surface area (Å²) in [6, 6.07) is 7.10. The highest BCUT2D eigenvalue weighted by atomic mass is 32.2. The third-order valence-electron chi connectivity index (χ3n) is 2.74. The molecule has 0 aliphatic heterocycles. The third-order valence-corrected chi connectivity index (χ3v) is 4.14. The first-order valence-electron chi connectivity index (χ1n) is 5.93. The van der Waals surface area contributed by atoms with Crippen molar-refractivity contribution in [1.82, 2.24) is 14.9 Å². The normalized spacial score (nSPS) is 11.6. The Hall–Kier alpha value is -1.86. The number of benzene rings is 1. The van der Waals surface area contributed by atoms with E-state index in [9.17, 15) is 12.8 Å². The molecule has 0 saturated carbocycles. The average molecular weight is 295 g/mol. The molecule has 0 bridgehead atoms. The number of hydrogen-bond acceptors (Lipinski definition) is 4. The predicted octanol–water partition coefficient (Wildman–Crippen LogP) is 1.71. The summed E-state index contributed by atoms with van der Waals surface area (Å²) in [6.45, 7) is 3.34. The number of aromatic nitrogens is 2. The molecule has 1 aromatic carbocycles. The second-order valence-electron chi connectivity index (χ2n) is 4.40. The predicted molar refractivity (Wildman–Crippen MR) is 71.9 cm³/mol. The lowest BCUT2D eigenvalue weighted by Gasteiger charge is -2.07. The summed E-state index contributed by atoms with van der Waals surface area (Å²) in [7, 11) is -3.69. The van der Waals surface area contributed by atoms with Gasteiger partial charge in [-0.2, -0.15) is 10.2 Å². The van der Waals surface area contributed by atoms with Crippen molar-refractivity contribution in [3.63, 3.8) is 0 Å². The number of rotatable bonds is 4. The molecule has 1 aromatic heterocycles. The molecule has 0 atom stereocenters. The summed E-state index contributed by atoms with van der Waals surface area (Å²) < 4.78 is 39.7. The first-order chi connectivity index (χ1) is 9.38. The Balaban J connectivity index is 2.14. The van der Waals surface area contributed by atoms with Crippen LogP contribution in [0.15, 0.2) is 35.2 Å². The maximum Gasteiger partial charge on any atom is 0.240 e. The van der Waals surface area contributed by atoms with Gasteiger partial charge in [0.15, 0.2) is 0 Å². The molecule has 1 heterocycles. The zero-order valence-electron chi connectivity index (χ0n) is 11.1. The van der Waals surface area contributed by atoms with Gasteiger partial charge in [-0.1, -0.05) is 0 Å². The van der Waals surface area contributed by atoms with Crippen LogP contribution in [0.25, 0.3) is 0 Å². The van der Waals surface area contributed by atoms with Crippen LogP contribution < -0.4 is 4.72 Å². The lowest BCUT2D eigenvalue weighted by molar-refractivity contribution is 0.578. The summed E-state index contributed by atoms with van der Waals surface area (Å²) in [5.74, 6) is -0.437. The number of nitrogens with zero attached hydrogens (tertiary/aromatic N) is 2. The quantitative estimate of drug-likeness (QED) is 0.932. The van der Waals surface area contributed by atoms with Crippen LogP contribution in [0.5, 0.6) is 0 Å². The maximum atomic E-state index is 13.1. The van der Waals surface area contributed by atoms with Crippen molar-refractivity contribution in [3.05, 3.63) is 53.1 Å². The maximum absolute atomic E-state index is 13.1. The highest BCUT2D eigenvalue weighted by Crippen LogP contribution is 2.14. The van der Waals surface area contributed by atoms with Crippen LogP contribution >= 0.6 is 0 Å². The van der Waals surface area contributed by atoms with E-state index in [1.54, 1.807) is 19.1 Å². The summed E-state index contributed by atoms with van der Waals surface area (Å²) in [5, 5.41) is 7.71. The molecule has 0 radical (unpaired) electrons. The third kappa shape index (κ3) is 3.37. The van der Waals surface area contributed by atoms with Gasteiger partial charge in [0.2, 0.25) is 10.0 Å². The molecular weight excluding hydrogens is 281 g/mol. The van der Waals surface area contributed by atoms with Crippen LogP contribution in [0.1, 0.15) is 17.0 Å². The molecule has 0 aliphatic rings. The van der Waals surface area contributed by atoms with E-state index in [-0.39, 0.29) is 17.0 Å². The summed E-state index contributed by atoms with van der Waals surface area (Å²) >= 11 is 0. The van der Waals surface area contributed by atoms with E-state index < -0.39 is 15.8 Å². The Bertz CT molecular complexity index is 715. The van der Waals surface area contributed by atoms with Gasteiger partial charge in [-0.05, 0) is 49.7 Å². The molecule has 2 aromatic rings. The van der Waals surface area contributed by atoms with Crippen molar-refractivity contribution >= 4 is 10.0 Å². The molecule has 1 N–H and O–H groups in total. The lowest BCUT2D eigenvalue weighted by atomic mass is 10.2. The van der Waals surface area contributed by atoms with Crippen LogP contribution in [-0.4, -0.2) is 18.6 Å². The van der Waals surface area contributed by atoms with Crippen LogP contribution in [0.4, 0.5) is 4.39 Å². The number of aryl methyl sites for hydroxylation is 2. The fraction of sp³-hybridized carbons (Fsp3) is 0.231. The molecule has 2 rings (SSSR count). The summed E-state index contributed by atoms with van der Waals surface area (Å²) in [4.78, 5) is 0.0245. The number of nitrogens with one attached hydrogen (secondary N) is 1. The topological polar surface area (TPSA) is 72.0 Å². The van der Waals surface area contributed by atoms with E-state index >= 15 is 0 Å². The summed E-state index contributed by atoms with van der Waals surface area (Å²) in [6.07, 6.45) is 0. The van der Waals surface area contributed by atoms with Crippen molar-refractivity contribution in [2.24, 2.45) is 0 Å². The second kappa shape index (κ2) is 5.64. The highest BCUT2D eigenvalue weighted by molar-refractivity contribution is 7.89. The molecule has 20 heavy (non-hydrogen) atoms. The minimum absolute atomic E-state index is 0.0245. The van der Waals surface area contributed by atoms with Crippen LogP contribution in [0.2, 0.25) is 0 Å². The fourth-order valence-corrected chi connectivity index (χ4v) is 2.64. The molecule has 0 spiro atoms. The van der Waals surface area contributed by atoms with E-state index in [2.05, 4.69) is 14.9 Å². The summed E-state index contributed by atoms with van der Waals surface area (Å²) in [5.41, 5.74) is 1.55. The molecule has 0 fully saturated rings. The van der Waals surface area contributed by atoms with E-state index in [1.807, 2.05) is 0 Å².